The van der Waals surface area contributed by atoms with Crippen LogP contribution in [0.2, 0.25) is 0 Å². The minimum Gasteiger partial charge on any atom is -0.461 e. The molecule has 10 heteroatoms. The number of aliphatic hydroxyl groups excluding tert-OH is 1. The van der Waals surface area contributed by atoms with Gasteiger partial charge in [0.25, 0.3) is 0 Å². The van der Waals surface area contributed by atoms with Gasteiger partial charge in [-0.1, -0.05) is 18.2 Å². The van der Waals surface area contributed by atoms with E-state index >= 15 is 0 Å². The predicted molar refractivity (Wildman–Crippen MR) is 89.1 cm³/mol. The van der Waals surface area contributed by atoms with Crippen molar-refractivity contribution in [2.75, 3.05) is 18.9 Å². The first-order valence-electron chi connectivity index (χ1n) is 8.05. The normalized spacial score (nSPS) is 23.9. The maximum absolute atomic E-state index is 14.9. The highest BCUT2D eigenvalue weighted by atomic mass is 19.3. The number of hydrogen-bond donors (Lipinski definition) is 2. The first-order chi connectivity index (χ1) is 12.8. The number of carbonyl (C=O) groups excluding carboxylic acids is 1. The highest BCUT2D eigenvalue weighted by molar-refractivity contribution is 5.89. The summed E-state index contributed by atoms with van der Waals surface area (Å²) < 4.78 is 40.5. The zero-order valence-corrected chi connectivity index (χ0v) is 14.0. The number of nitrogens with zero attached hydrogens (tertiary/aromatic N) is 2. The Morgan fingerprint density at radius 1 is 1.33 bits per heavy atom. The van der Waals surface area contributed by atoms with Gasteiger partial charge in [0, 0.05) is 6.20 Å². The van der Waals surface area contributed by atoms with Crippen LogP contribution in [0, 0.1) is 5.92 Å². The van der Waals surface area contributed by atoms with Crippen LogP contribution in [0.1, 0.15) is 16.6 Å². The molecule has 1 aromatic carbocycles. The average Bonchev–Trinajstić information content (AvgIpc) is 2.90. The number of carbonyl (C=O) groups is 1. The first kappa shape index (κ1) is 18.9. The Morgan fingerprint density at radius 2 is 2.04 bits per heavy atom. The predicted octanol–water partition coefficient (Wildman–Crippen LogP) is 0.824. The van der Waals surface area contributed by atoms with Crippen LogP contribution < -0.4 is 11.4 Å². The van der Waals surface area contributed by atoms with E-state index in [9.17, 15) is 23.5 Å². The summed E-state index contributed by atoms with van der Waals surface area (Å²) in [4.78, 5) is 27.3. The van der Waals surface area contributed by atoms with Crippen LogP contribution in [-0.2, 0) is 9.47 Å². The smallest absolute Gasteiger partial charge is 0.351 e. The van der Waals surface area contributed by atoms with Crippen LogP contribution in [0.15, 0.2) is 47.4 Å². The van der Waals surface area contributed by atoms with E-state index in [4.69, 9.17) is 15.2 Å². The van der Waals surface area contributed by atoms with E-state index in [0.29, 0.717) is 4.57 Å². The van der Waals surface area contributed by atoms with Gasteiger partial charge in [0.2, 0.25) is 6.23 Å². The van der Waals surface area contributed by atoms with E-state index in [1.807, 2.05) is 0 Å². The van der Waals surface area contributed by atoms with Crippen molar-refractivity contribution in [1.82, 2.24) is 9.55 Å². The number of nitrogen functional groups attached to an aromatic ring is 1. The van der Waals surface area contributed by atoms with E-state index in [1.54, 1.807) is 18.2 Å². The van der Waals surface area contributed by atoms with Gasteiger partial charge in [-0.3, -0.25) is 4.57 Å². The van der Waals surface area contributed by atoms with Gasteiger partial charge in [-0.25, -0.2) is 18.4 Å². The number of benzene rings is 1. The van der Waals surface area contributed by atoms with Crippen LogP contribution >= 0.6 is 0 Å². The molecule has 1 aromatic heterocycles. The van der Waals surface area contributed by atoms with Crippen molar-refractivity contribution in [3.05, 3.63) is 58.6 Å². The molecule has 1 aliphatic heterocycles. The lowest BCUT2D eigenvalue weighted by Crippen LogP contribution is -2.40. The number of hydrogen-bond acceptors (Lipinski definition) is 7. The Hall–Kier alpha value is -2.85. The molecule has 2 unspecified atom stereocenters. The van der Waals surface area contributed by atoms with Crippen molar-refractivity contribution in [2.45, 2.75) is 18.3 Å². The lowest BCUT2D eigenvalue weighted by molar-refractivity contribution is -0.131. The number of aromatic nitrogens is 2. The van der Waals surface area contributed by atoms with Gasteiger partial charge in [0.05, 0.1) is 24.2 Å². The molecular weight excluding hydrogens is 364 g/mol. The molecule has 0 spiro atoms. The van der Waals surface area contributed by atoms with Crippen molar-refractivity contribution >= 4 is 11.8 Å². The summed E-state index contributed by atoms with van der Waals surface area (Å²) in [5.41, 5.74) is 4.55. The Bertz CT molecular complexity index is 874. The summed E-state index contributed by atoms with van der Waals surface area (Å²) in [7, 11) is 0. The molecule has 3 N–H and O–H groups in total. The summed E-state index contributed by atoms with van der Waals surface area (Å²) in [6.45, 7) is -1.43. The van der Waals surface area contributed by atoms with Crippen molar-refractivity contribution in [3.63, 3.8) is 0 Å². The molecule has 0 amide bonds. The summed E-state index contributed by atoms with van der Waals surface area (Å²) in [6, 6.07) is 9.06. The van der Waals surface area contributed by atoms with Crippen LogP contribution in [0.5, 0.6) is 0 Å². The largest absolute Gasteiger partial charge is 0.461 e. The number of rotatable bonds is 5. The molecule has 3 atom stereocenters. The average molecular weight is 381 g/mol. The van der Waals surface area contributed by atoms with E-state index in [-0.39, 0.29) is 11.4 Å². The van der Waals surface area contributed by atoms with E-state index in [2.05, 4.69) is 4.98 Å². The maximum Gasteiger partial charge on any atom is 0.351 e. The molecule has 2 heterocycles. The molecule has 8 nitrogen and oxygen atoms in total. The van der Waals surface area contributed by atoms with E-state index < -0.39 is 49.0 Å². The zero-order chi connectivity index (χ0) is 19.6. The highest BCUT2D eigenvalue weighted by Crippen LogP contribution is 2.46. The zero-order valence-electron chi connectivity index (χ0n) is 14.0. The van der Waals surface area contributed by atoms with Gasteiger partial charge < -0.3 is 20.3 Å². The maximum atomic E-state index is 14.9. The Kier molecular flexibility index (Phi) is 5.19. The summed E-state index contributed by atoms with van der Waals surface area (Å²) in [5, 5.41) is 9.41. The Labute approximate surface area is 152 Å². The molecule has 2 aromatic rings. The molecule has 1 saturated heterocycles. The molecule has 0 radical (unpaired) electrons. The van der Waals surface area contributed by atoms with E-state index in [0.717, 1.165) is 6.20 Å². The summed E-state index contributed by atoms with van der Waals surface area (Å²) in [5.74, 6) is -6.15. The monoisotopic (exact) mass is 381 g/mol. The number of halogens is 2. The van der Waals surface area contributed by atoms with Gasteiger partial charge in [-0.2, -0.15) is 4.98 Å². The molecule has 3 rings (SSSR count). The van der Waals surface area contributed by atoms with Crippen LogP contribution in [0.3, 0.4) is 0 Å². The lowest BCUT2D eigenvalue weighted by atomic mass is 9.98. The molecule has 1 aliphatic rings. The number of anilines is 1. The minimum absolute atomic E-state index is 0.121. The molecule has 27 heavy (non-hydrogen) atoms. The fourth-order valence-corrected chi connectivity index (χ4v) is 2.85. The number of ether oxygens (including phenoxy) is 2. The lowest BCUT2D eigenvalue weighted by Gasteiger charge is -2.23. The summed E-state index contributed by atoms with van der Waals surface area (Å²) >= 11 is 0. The van der Waals surface area contributed by atoms with Gasteiger partial charge in [0.15, 0.2) is 0 Å². The van der Waals surface area contributed by atoms with Crippen molar-refractivity contribution in [3.8, 4) is 0 Å². The third-order valence-corrected chi connectivity index (χ3v) is 4.26. The second-order valence-corrected chi connectivity index (χ2v) is 6.00. The van der Waals surface area contributed by atoms with Crippen molar-refractivity contribution < 1.29 is 28.2 Å². The molecule has 0 saturated carbocycles. The van der Waals surface area contributed by atoms with Gasteiger partial charge in [-0.15, -0.1) is 0 Å². The number of nitrogens with two attached hydrogens (primary N) is 1. The quantitative estimate of drug-likeness (QED) is 0.737. The molecule has 144 valence electrons. The third-order valence-electron chi connectivity index (χ3n) is 4.26. The molecule has 1 fully saturated rings. The van der Waals surface area contributed by atoms with Crippen molar-refractivity contribution in [2.24, 2.45) is 5.92 Å². The van der Waals surface area contributed by atoms with Crippen LogP contribution in [-0.4, -0.2) is 45.9 Å². The van der Waals surface area contributed by atoms with Gasteiger partial charge >= 0.3 is 17.6 Å². The van der Waals surface area contributed by atoms with Gasteiger partial charge in [0.1, 0.15) is 12.4 Å². The summed E-state index contributed by atoms with van der Waals surface area (Å²) in [6.07, 6.45) is -2.30. The fourth-order valence-electron chi connectivity index (χ4n) is 2.85. The SMILES string of the molecule is Nc1ccn([C@@H]2OC(CO)C(COC(=O)c3ccccc3)C2(F)F)c(=O)n1. The second-order valence-electron chi connectivity index (χ2n) is 6.00. The Morgan fingerprint density at radius 3 is 2.67 bits per heavy atom. The van der Waals surface area contributed by atoms with E-state index in [1.165, 1.54) is 18.2 Å². The minimum atomic E-state index is -3.61. The second kappa shape index (κ2) is 7.41. The van der Waals surface area contributed by atoms with Crippen molar-refractivity contribution in [1.29, 1.82) is 0 Å². The van der Waals surface area contributed by atoms with Gasteiger partial charge in [-0.05, 0) is 18.2 Å². The Balaban J connectivity index is 1.80. The topological polar surface area (TPSA) is 117 Å². The number of alkyl halides is 2. The third kappa shape index (κ3) is 3.67. The number of aliphatic hydroxyl groups is 1. The van der Waals surface area contributed by atoms with Crippen LogP contribution in [0.25, 0.3) is 0 Å². The highest BCUT2D eigenvalue weighted by Gasteiger charge is 2.60. The first-order valence-corrected chi connectivity index (χ1v) is 8.05. The fraction of sp³-hybridized carbons (Fsp3) is 0.353. The molecule has 0 aliphatic carbocycles. The molecule has 0 bridgehead atoms. The molecular formula is C17H17F2N3O5. The van der Waals surface area contributed by atoms with Crippen LogP contribution in [0.4, 0.5) is 14.6 Å². The number of esters is 1. The standard InChI is InChI=1S/C17H17F2N3O5/c18-17(19)11(9-26-14(24)10-4-2-1-3-5-10)12(8-23)27-15(17)22-7-6-13(20)21-16(22)25/h1-7,11-12,15,23H,8-9H2,(H2,20,21,25)/t11?,12?,15-/m1/s1.